The number of hydrogen-bond donors (Lipinski definition) is 0. The highest BCUT2D eigenvalue weighted by molar-refractivity contribution is 5.88. The third-order valence-corrected chi connectivity index (χ3v) is 5.37. The van der Waals surface area contributed by atoms with E-state index < -0.39 is 11.3 Å². The molecule has 2 aliphatic rings. The van der Waals surface area contributed by atoms with E-state index in [2.05, 4.69) is 34.3 Å². The topological polar surface area (TPSA) is 40.9 Å². The van der Waals surface area contributed by atoms with E-state index in [9.17, 15) is 4.79 Å². The fourth-order valence-corrected chi connectivity index (χ4v) is 3.89. The first-order valence-electron chi connectivity index (χ1n) is 7.17. The molecular weight excluding hydrogens is 234 g/mol. The van der Waals surface area contributed by atoms with Crippen molar-refractivity contribution in [2.75, 3.05) is 0 Å². The zero-order valence-electron chi connectivity index (χ0n) is 12.5. The van der Waals surface area contributed by atoms with Gasteiger partial charge in [-0.15, -0.1) is 0 Å². The van der Waals surface area contributed by atoms with E-state index in [1.807, 2.05) is 0 Å². The fourth-order valence-electron chi connectivity index (χ4n) is 3.89. The summed E-state index contributed by atoms with van der Waals surface area (Å²) in [7, 11) is 0. The second-order valence-electron chi connectivity index (χ2n) is 6.11. The summed E-state index contributed by atoms with van der Waals surface area (Å²) in [5.74, 6) is -0.190. The molecule has 1 amide bonds. The van der Waals surface area contributed by atoms with Crippen LogP contribution in [0.3, 0.4) is 0 Å². The molecule has 2 rings (SSSR count). The van der Waals surface area contributed by atoms with Crippen molar-refractivity contribution < 1.29 is 4.79 Å². The number of rotatable bonds is 2. The summed E-state index contributed by atoms with van der Waals surface area (Å²) >= 11 is 0. The number of carbonyl (C=O) groups is 1. The van der Waals surface area contributed by atoms with Crippen LogP contribution < -0.4 is 5.73 Å². The predicted molar refractivity (Wildman–Crippen MR) is 78.4 cm³/mol. The molecule has 0 aromatic heterocycles. The summed E-state index contributed by atoms with van der Waals surface area (Å²) in [6.45, 7) is 12.7. The van der Waals surface area contributed by atoms with Gasteiger partial charge in [0.15, 0.2) is 0 Å². The van der Waals surface area contributed by atoms with Gasteiger partial charge in [-0.1, -0.05) is 31.1 Å². The molecule has 0 heterocycles. The predicted octanol–water partition coefficient (Wildman–Crippen LogP) is 4.22. The van der Waals surface area contributed by atoms with Gasteiger partial charge >= 0.3 is 0 Å². The molecule has 0 saturated heterocycles. The van der Waals surface area contributed by atoms with Crippen LogP contribution in [0.4, 0.5) is 0 Å². The number of allylic oxidation sites excluding steroid dienone is 3. The van der Waals surface area contributed by atoms with Crippen molar-refractivity contribution in [1.29, 1.82) is 0 Å². The lowest BCUT2D eigenvalue weighted by molar-refractivity contribution is -0.125. The third kappa shape index (κ3) is 1.80. The maximum atomic E-state index is 12.2. The molecular formula is C17H24NO. The monoisotopic (exact) mass is 258 g/mol. The minimum Gasteiger partial charge on any atom is -0.272 e. The van der Waals surface area contributed by atoms with Gasteiger partial charge in [0.1, 0.15) is 0 Å². The van der Waals surface area contributed by atoms with Crippen LogP contribution in [0.1, 0.15) is 53.4 Å². The van der Waals surface area contributed by atoms with E-state index in [1.165, 1.54) is 16.7 Å². The van der Waals surface area contributed by atoms with E-state index >= 15 is 0 Å². The molecule has 1 radical (unpaired) electrons. The standard InChI is InChI=1S/C17H24NO/c1-10-8-6-7-9-17(10,16(18)19)15-13(4)11(2)12(3)14(15)5/h13,18H,1,6-9H2,2-5H3. The molecule has 0 bridgehead atoms. The van der Waals surface area contributed by atoms with E-state index in [1.54, 1.807) is 0 Å². The molecule has 2 nitrogen and oxygen atoms in total. The highest BCUT2D eigenvalue weighted by Gasteiger charge is 2.48. The Hall–Kier alpha value is -1.31. The van der Waals surface area contributed by atoms with Gasteiger partial charge in [0.05, 0.1) is 5.41 Å². The molecule has 2 heteroatoms. The summed E-state index contributed by atoms with van der Waals surface area (Å²) in [6.07, 6.45) is 3.77. The number of hydrogen-bond acceptors (Lipinski definition) is 1. The minimum atomic E-state index is -0.708. The number of amides is 1. The summed E-state index contributed by atoms with van der Waals surface area (Å²) in [5, 5.41) is 0. The van der Waals surface area contributed by atoms with Gasteiger partial charge in [0.25, 0.3) is 5.91 Å². The van der Waals surface area contributed by atoms with Gasteiger partial charge in [-0.2, -0.15) is 0 Å². The van der Waals surface area contributed by atoms with Gasteiger partial charge in [0, 0.05) is 5.92 Å². The molecule has 0 aromatic carbocycles. The molecule has 0 aliphatic heterocycles. The van der Waals surface area contributed by atoms with Crippen molar-refractivity contribution in [3.63, 3.8) is 0 Å². The SMILES string of the molecule is C=C1CCCCC1(C([NH])=O)C1=C(C)C(C)=C(C)C1C. The van der Waals surface area contributed by atoms with Crippen molar-refractivity contribution in [1.82, 2.24) is 5.73 Å². The largest absolute Gasteiger partial charge is 0.272 e. The zero-order chi connectivity index (χ0) is 14.4. The van der Waals surface area contributed by atoms with E-state index in [0.717, 1.165) is 36.8 Å². The maximum Gasteiger partial charge on any atom is 0.252 e. The Labute approximate surface area is 116 Å². The van der Waals surface area contributed by atoms with Gasteiger partial charge in [-0.05, 0) is 56.8 Å². The maximum absolute atomic E-state index is 12.2. The summed E-state index contributed by atoms with van der Waals surface area (Å²) in [6, 6.07) is 0. The highest BCUT2D eigenvalue weighted by atomic mass is 16.1. The quantitative estimate of drug-likeness (QED) is 0.684. The van der Waals surface area contributed by atoms with Crippen LogP contribution in [0.25, 0.3) is 0 Å². The van der Waals surface area contributed by atoms with Crippen LogP contribution in [0, 0.1) is 11.3 Å². The molecule has 1 N–H and O–H groups in total. The number of nitrogens with one attached hydrogen (secondary N) is 1. The van der Waals surface area contributed by atoms with E-state index in [0.29, 0.717) is 0 Å². The summed E-state index contributed by atoms with van der Waals surface area (Å²) in [5.41, 5.74) is 13.1. The molecule has 19 heavy (non-hydrogen) atoms. The molecule has 2 atom stereocenters. The van der Waals surface area contributed by atoms with Crippen LogP contribution in [-0.4, -0.2) is 5.91 Å². The lowest BCUT2D eigenvalue weighted by Gasteiger charge is -2.40. The minimum absolute atomic E-state index is 0.268. The van der Waals surface area contributed by atoms with Crippen LogP contribution in [0.15, 0.2) is 34.4 Å². The molecule has 0 spiro atoms. The van der Waals surface area contributed by atoms with Crippen molar-refractivity contribution in [2.24, 2.45) is 11.3 Å². The first kappa shape index (κ1) is 14.1. The fraction of sp³-hybridized carbons (Fsp3) is 0.588. The summed E-state index contributed by atoms with van der Waals surface area (Å²) < 4.78 is 0. The lowest BCUT2D eigenvalue weighted by atomic mass is 9.62. The Kier molecular flexibility index (Phi) is 3.46. The van der Waals surface area contributed by atoms with Gasteiger partial charge in [0.2, 0.25) is 0 Å². The normalized spacial score (nSPS) is 32.2. The van der Waals surface area contributed by atoms with Crippen molar-refractivity contribution in [3.05, 3.63) is 34.4 Å². The number of carbonyl (C=O) groups excluding carboxylic acids is 1. The zero-order valence-corrected chi connectivity index (χ0v) is 12.5. The Morgan fingerprint density at radius 3 is 2.32 bits per heavy atom. The third-order valence-electron chi connectivity index (χ3n) is 5.37. The lowest BCUT2D eigenvalue weighted by Crippen LogP contribution is -2.40. The smallest absolute Gasteiger partial charge is 0.252 e. The Bertz CT molecular complexity index is 509. The van der Waals surface area contributed by atoms with Gasteiger partial charge < -0.3 is 0 Å². The van der Waals surface area contributed by atoms with Crippen LogP contribution in [-0.2, 0) is 4.79 Å². The van der Waals surface area contributed by atoms with Crippen molar-refractivity contribution in [3.8, 4) is 0 Å². The van der Waals surface area contributed by atoms with Crippen molar-refractivity contribution in [2.45, 2.75) is 53.4 Å². The molecule has 2 aliphatic carbocycles. The molecule has 1 saturated carbocycles. The first-order valence-corrected chi connectivity index (χ1v) is 7.17. The molecule has 0 aromatic rings. The molecule has 2 unspecified atom stereocenters. The van der Waals surface area contributed by atoms with E-state index in [-0.39, 0.29) is 5.92 Å². The second kappa shape index (κ2) is 4.66. The van der Waals surface area contributed by atoms with Gasteiger partial charge in [-0.3, -0.25) is 10.5 Å². The molecule has 1 fully saturated rings. The van der Waals surface area contributed by atoms with E-state index in [4.69, 9.17) is 5.73 Å². The van der Waals surface area contributed by atoms with Gasteiger partial charge in [-0.25, -0.2) is 0 Å². The average Bonchev–Trinajstić information content (AvgIpc) is 2.55. The Morgan fingerprint density at radius 2 is 1.89 bits per heavy atom. The Balaban J connectivity index is 2.60. The Morgan fingerprint density at radius 1 is 1.26 bits per heavy atom. The average molecular weight is 258 g/mol. The second-order valence-corrected chi connectivity index (χ2v) is 6.11. The first-order chi connectivity index (χ1) is 8.84. The van der Waals surface area contributed by atoms with Crippen LogP contribution in [0.5, 0.6) is 0 Å². The molecule has 103 valence electrons. The van der Waals surface area contributed by atoms with Crippen LogP contribution >= 0.6 is 0 Å². The summed E-state index contributed by atoms with van der Waals surface area (Å²) in [4.78, 5) is 12.2. The van der Waals surface area contributed by atoms with Crippen molar-refractivity contribution >= 4 is 5.91 Å². The van der Waals surface area contributed by atoms with Crippen LogP contribution in [0.2, 0.25) is 0 Å². The highest BCUT2D eigenvalue weighted by Crippen LogP contribution is 2.54.